The minimum absolute atomic E-state index is 0.113. The summed E-state index contributed by atoms with van der Waals surface area (Å²) in [6, 6.07) is 19.2. The molecule has 0 bridgehead atoms. The van der Waals surface area contributed by atoms with Crippen LogP contribution in [0.1, 0.15) is 42.5 Å². The number of nitrogens with one attached hydrogen (secondary N) is 1. The standard InChI is InChI=1S/C28H30N2O5S/c1-19(21-12-11-20-7-3-4-8-22(20)17-21)29-28(31)27-18-30(25-9-5-6-10-26(25)35-27)36(32,33)24-15-13-23(34-2)14-16-24/h5-6,9-17,19,27H,3-4,7-8,18H2,1-2H3,(H,29,31)/t19-,27-/m1/s1. The van der Waals surface area contributed by atoms with E-state index >= 15 is 0 Å². The Hall–Kier alpha value is -3.52. The Morgan fingerprint density at radius 1 is 1.03 bits per heavy atom. The lowest BCUT2D eigenvalue weighted by molar-refractivity contribution is -0.128. The molecule has 0 radical (unpaired) electrons. The number of para-hydroxylation sites is 2. The van der Waals surface area contributed by atoms with E-state index in [1.807, 2.05) is 6.92 Å². The van der Waals surface area contributed by atoms with Gasteiger partial charge in [0, 0.05) is 0 Å². The van der Waals surface area contributed by atoms with Gasteiger partial charge in [0.15, 0.2) is 6.10 Å². The fourth-order valence-electron chi connectivity index (χ4n) is 4.85. The van der Waals surface area contributed by atoms with Gasteiger partial charge in [-0.3, -0.25) is 9.10 Å². The molecular weight excluding hydrogens is 476 g/mol. The smallest absolute Gasteiger partial charge is 0.264 e. The van der Waals surface area contributed by atoms with Crippen LogP contribution in [0.4, 0.5) is 5.69 Å². The lowest BCUT2D eigenvalue weighted by atomic mass is 9.89. The molecule has 7 nitrogen and oxygen atoms in total. The van der Waals surface area contributed by atoms with E-state index in [1.165, 1.54) is 47.5 Å². The van der Waals surface area contributed by atoms with Gasteiger partial charge in [-0.25, -0.2) is 8.42 Å². The van der Waals surface area contributed by atoms with Crippen molar-refractivity contribution in [1.29, 1.82) is 0 Å². The minimum atomic E-state index is -3.94. The average Bonchev–Trinajstić information content (AvgIpc) is 2.92. The van der Waals surface area contributed by atoms with Gasteiger partial charge in [0.1, 0.15) is 11.5 Å². The van der Waals surface area contributed by atoms with Crippen LogP contribution in [0.5, 0.6) is 11.5 Å². The van der Waals surface area contributed by atoms with Crippen LogP contribution in [0, 0.1) is 0 Å². The number of carbonyl (C=O) groups excluding carboxylic acids is 1. The highest BCUT2D eigenvalue weighted by molar-refractivity contribution is 7.92. The van der Waals surface area contributed by atoms with Crippen molar-refractivity contribution < 1.29 is 22.7 Å². The molecule has 1 aliphatic heterocycles. The molecule has 8 heteroatoms. The maximum absolute atomic E-state index is 13.6. The molecular formula is C28H30N2O5S. The summed E-state index contributed by atoms with van der Waals surface area (Å²) < 4.78 is 39.6. The van der Waals surface area contributed by atoms with E-state index in [2.05, 4.69) is 23.5 Å². The first-order valence-corrected chi connectivity index (χ1v) is 13.7. The van der Waals surface area contributed by atoms with Crippen molar-refractivity contribution in [2.24, 2.45) is 0 Å². The Morgan fingerprint density at radius 2 is 1.75 bits per heavy atom. The molecule has 1 heterocycles. The Balaban J connectivity index is 1.38. The van der Waals surface area contributed by atoms with E-state index in [4.69, 9.17) is 9.47 Å². The maximum atomic E-state index is 13.6. The van der Waals surface area contributed by atoms with E-state index in [0.29, 0.717) is 17.2 Å². The van der Waals surface area contributed by atoms with Crippen LogP contribution in [-0.2, 0) is 27.7 Å². The summed E-state index contributed by atoms with van der Waals surface area (Å²) >= 11 is 0. The first kappa shape index (κ1) is 24.2. The molecule has 188 valence electrons. The van der Waals surface area contributed by atoms with Gasteiger partial charge >= 0.3 is 0 Å². The van der Waals surface area contributed by atoms with Crippen molar-refractivity contribution in [3.63, 3.8) is 0 Å². The number of hydrogen-bond donors (Lipinski definition) is 1. The van der Waals surface area contributed by atoms with Crippen molar-refractivity contribution in [2.45, 2.75) is 49.6 Å². The Kier molecular flexibility index (Phi) is 6.62. The number of rotatable bonds is 6. The summed E-state index contributed by atoms with van der Waals surface area (Å²) in [5.74, 6) is 0.553. The highest BCUT2D eigenvalue weighted by Gasteiger charge is 2.37. The highest BCUT2D eigenvalue weighted by atomic mass is 32.2. The van der Waals surface area contributed by atoms with Gasteiger partial charge in [0.25, 0.3) is 15.9 Å². The van der Waals surface area contributed by atoms with E-state index in [0.717, 1.165) is 18.4 Å². The Labute approximate surface area is 212 Å². The van der Waals surface area contributed by atoms with Crippen molar-refractivity contribution in [3.05, 3.63) is 83.4 Å². The molecule has 0 unspecified atom stereocenters. The Morgan fingerprint density at radius 3 is 2.50 bits per heavy atom. The molecule has 1 N–H and O–H groups in total. The first-order chi connectivity index (χ1) is 17.4. The molecule has 0 spiro atoms. The van der Waals surface area contributed by atoms with Crippen molar-refractivity contribution in [3.8, 4) is 11.5 Å². The van der Waals surface area contributed by atoms with Gasteiger partial charge in [-0.05, 0) is 85.7 Å². The summed E-state index contributed by atoms with van der Waals surface area (Å²) in [4.78, 5) is 13.4. The number of ether oxygens (including phenoxy) is 2. The molecule has 2 aliphatic rings. The normalized spacial score (nSPS) is 17.8. The largest absolute Gasteiger partial charge is 0.497 e. The third-order valence-electron chi connectivity index (χ3n) is 6.91. The van der Waals surface area contributed by atoms with Crippen LogP contribution in [0.25, 0.3) is 0 Å². The van der Waals surface area contributed by atoms with Gasteiger partial charge in [-0.15, -0.1) is 0 Å². The summed E-state index contributed by atoms with van der Waals surface area (Å²) in [6.45, 7) is 1.80. The third kappa shape index (κ3) is 4.65. The quantitative estimate of drug-likeness (QED) is 0.536. The average molecular weight is 507 g/mol. The van der Waals surface area contributed by atoms with Crippen molar-refractivity contribution in [1.82, 2.24) is 5.32 Å². The van der Waals surface area contributed by atoms with Crippen molar-refractivity contribution in [2.75, 3.05) is 18.0 Å². The fourth-order valence-corrected chi connectivity index (χ4v) is 6.33. The van der Waals surface area contributed by atoms with Gasteiger partial charge < -0.3 is 14.8 Å². The zero-order valence-corrected chi connectivity index (χ0v) is 21.3. The second-order valence-electron chi connectivity index (χ2n) is 9.25. The van der Waals surface area contributed by atoms with Gasteiger partial charge in [0.05, 0.1) is 30.3 Å². The van der Waals surface area contributed by atoms with Crippen LogP contribution in [0.3, 0.4) is 0 Å². The van der Waals surface area contributed by atoms with Crippen LogP contribution in [0.2, 0.25) is 0 Å². The number of hydrogen-bond acceptors (Lipinski definition) is 5. The molecule has 1 aliphatic carbocycles. The molecule has 5 rings (SSSR count). The zero-order valence-electron chi connectivity index (χ0n) is 20.4. The summed E-state index contributed by atoms with van der Waals surface area (Å²) in [5, 5.41) is 3.03. The van der Waals surface area contributed by atoms with Crippen LogP contribution in [0.15, 0.2) is 71.6 Å². The second-order valence-corrected chi connectivity index (χ2v) is 11.1. The van der Waals surface area contributed by atoms with Crippen LogP contribution in [-0.4, -0.2) is 34.1 Å². The third-order valence-corrected chi connectivity index (χ3v) is 8.70. The highest BCUT2D eigenvalue weighted by Crippen LogP contribution is 2.37. The Bertz CT molecular complexity index is 1370. The van der Waals surface area contributed by atoms with Crippen LogP contribution >= 0.6 is 0 Å². The number of fused-ring (bicyclic) bond motifs is 2. The lowest BCUT2D eigenvalue weighted by Gasteiger charge is -2.35. The van der Waals surface area contributed by atoms with Crippen molar-refractivity contribution >= 4 is 21.6 Å². The molecule has 36 heavy (non-hydrogen) atoms. The number of nitrogens with zero attached hydrogens (tertiary/aromatic N) is 1. The fraction of sp³-hybridized carbons (Fsp3) is 0.321. The van der Waals surface area contributed by atoms with Gasteiger partial charge in [0.2, 0.25) is 0 Å². The second kappa shape index (κ2) is 9.85. The van der Waals surface area contributed by atoms with Gasteiger partial charge in [-0.1, -0.05) is 30.3 Å². The minimum Gasteiger partial charge on any atom is -0.497 e. The SMILES string of the molecule is COc1ccc(S(=O)(=O)N2C[C@H](C(=O)N[C@H](C)c3ccc4c(c3)CCCC4)Oc3ccccc32)cc1. The molecule has 2 atom stereocenters. The molecule has 3 aromatic rings. The van der Waals surface area contributed by atoms with Crippen LogP contribution < -0.4 is 19.1 Å². The predicted molar refractivity (Wildman–Crippen MR) is 138 cm³/mol. The lowest BCUT2D eigenvalue weighted by Crippen LogP contribution is -2.51. The molecule has 0 saturated heterocycles. The van der Waals surface area contributed by atoms with E-state index in [9.17, 15) is 13.2 Å². The molecule has 0 saturated carbocycles. The summed E-state index contributed by atoms with van der Waals surface area (Å²) in [5.41, 5.74) is 4.16. The molecule has 3 aromatic carbocycles. The van der Waals surface area contributed by atoms with E-state index < -0.39 is 16.1 Å². The topological polar surface area (TPSA) is 84.9 Å². The zero-order chi connectivity index (χ0) is 25.3. The number of carbonyl (C=O) groups is 1. The first-order valence-electron chi connectivity index (χ1n) is 12.2. The summed E-state index contributed by atoms with van der Waals surface area (Å²) in [7, 11) is -2.42. The molecule has 0 fully saturated rings. The van der Waals surface area contributed by atoms with E-state index in [-0.39, 0.29) is 23.4 Å². The molecule has 1 amide bonds. The predicted octanol–water partition coefficient (Wildman–Crippen LogP) is 4.41. The summed E-state index contributed by atoms with van der Waals surface area (Å²) in [6.07, 6.45) is 3.57. The maximum Gasteiger partial charge on any atom is 0.264 e. The number of aryl methyl sites for hydroxylation is 2. The number of methoxy groups -OCH3 is 1. The monoisotopic (exact) mass is 506 g/mol. The number of sulfonamides is 1. The number of benzene rings is 3. The van der Waals surface area contributed by atoms with E-state index in [1.54, 1.807) is 36.4 Å². The van der Waals surface area contributed by atoms with Gasteiger partial charge in [-0.2, -0.15) is 0 Å². The number of anilines is 1. The molecule has 0 aromatic heterocycles. The number of amides is 1.